The zero-order chi connectivity index (χ0) is 28.9. The van der Waals surface area contributed by atoms with Crippen LogP contribution in [0.3, 0.4) is 0 Å². The van der Waals surface area contributed by atoms with Crippen molar-refractivity contribution in [1.29, 1.82) is 0 Å². The summed E-state index contributed by atoms with van der Waals surface area (Å²) >= 11 is 0. The number of carbonyl (C=O) groups excluding carboxylic acids is 3. The van der Waals surface area contributed by atoms with E-state index in [0.29, 0.717) is 43.2 Å². The minimum Gasteiger partial charge on any atom is -0.482 e. The SMILES string of the molecule is CNC(=O)c1cc(C(=O)OC)c(C)cc1O[C@H](CN1CC[N+](C(=O)OC(C)(C)C)=C(C)C1)c1ccc(C)cn1. The zero-order valence-corrected chi connectivity index (χ0v) is 24.1. The molecule has 0 saturated carbocycles. The average molecular weight is 540 g/mol. The fourth-order valence-electron chi connectivity index (χ4n) is 4.31. The third kappa shape index (κ3) is 7.63. The second-order valence-corrected chi connectivity index (χ2v) is 10.7. The van der Waals surface area contributed by atoms with Crippen molar-refractivity contribution in [3.8, 4) is 5.75 Å². The highest BCUT2D eigenvalue weighted by Gasteiger charge is 2.34. The van der Waals surface area contributed by atoms with Crippen LogP contribution in [-0.2, 0) is 9.47 Å². The number of amides is 2. The lowest BCUT2D eigenvalue weighted by Gasteiger charge is -2.30. The van der Waals surface area contributed by atoms with E-state index in [0.717, 1.165) is 11.3 Å². The molecule has 3 rings (SSSR count). The number of esters is 1. The van der Waals surface area contributed by atoms with Gasteiger partial charge in [-0.2, -0.15) is 4.79 Å². The summed E-state index contributed by atoms with van der Waals surface area (Å²) in [6.07, 6.45) is 0.886. The molecule has 0 radical (unpaired) electrons. The number of carbonyl (C=O) groups is 3. The van der Waals surface area contributed by atoms with Crippen LogP contribution in [0.25, 0.3) is 0 Å². The van der Waals surface area contributed by atoms with E-state index in [1.54, 1.807) is 23.8 Å². The molecule has 39 heavy (non-hydrogen) atoms. The molecular weight excluding hydrogens is 500 g/mol. The molecule has 0 bridgehead atoms. The number of benzene rings is 1. The Bertz CT molecular complexity index is 1260. The Hall–Kier alpha value is -3.79. The van der Waals surface area contributed by atoms with Gasteiger partial charge < -0.3 is 19.5 Å². The first kappa shape index (κ1) is 29.8. The second kappa shape index (κ2) is 12.4. The molecule has 2 amide bonds. The molecular formula is C29H39N4O6+. The highest BCUT2D eigenvalue weighted by Crippen LogP contribution is 2.29. The fourth-order valence-corrected chi connectivity index (χ4v) is 4.31. The van der Waals surface area contributed by atoms with Gasteiger partial charge in [-0.3, -0.25) is 14.7 Å². The largest absolute Gasteiger partial charge is 0.596 e. The first-order chi connectivity index (χ1) is 18.3. The summed E-state index contributed by atoms with van der Waals surface area (Å²) in [6.45, 7) is 13.2. The lowest BCUT2D eigenvalue weighted by molar-refractivity contribution is -0.458. The number of nitrogens with one attached hydrogen (secondary N) is 1. The van der Waals surface area contributed by atoms with Gasteiger partial charge in [0.15, 0.2) is 18.4 Å². The number of hydrogen-bond acceptors (Lipinski definition) is 8. The van der Waals surface area contributed by atoms with E-state index >= 15 is 0 Å². The normalized spacial score (nSPS) is 15.0. The Morgan fingerprint density at radius 2 is 1.85 bits per heavy atom. The van der Waals surface area contributed by atoms with Gasteiger partial charge >= 0.3 is 12.1 Å². The van der Waals surface area contributed by atoms with Crippen LogP contribution in [0.5, 0.6) is 5.75 Å². The Balaban J connectivity index is 1.93. The maximum Gasteiger partial charge on any atom is 0.596 e. The van der Waals surface area contributed by atoms with E-state index in [1.807, 2.05) is 46.8 Å². The van der Waals surface area contributed by atoms with Crippen molar-refractivity contribution in [1.82, 2.24) is 15.2 Å². The number of methoxy groups -OCH3 is 1. The molecule has 2 heterocycles. The van der Waals surface area contributed by atoms with Crippen LogP contribution in [0.15, 0.2) is 30.5 Å². The maximum absolute atomic E-state index is 12.8. The lowest BCUT2D eigenvalue weighted by Crippen LogP contribution is -2.48. The summed E-state index contributed by atoms with van der Waals surface area (Å²) in [7, 11) is 2.82. The van der Waals surface area contributed by atoms with Gasteiger partial charge in [-0.15, -0.1) is 4.58 Å². The van der Waals surface area contributed by atoms with Crippen molar-refractivity contribution in [2.45, 2.75) is 53.2 Å². The van der Waals surface area contributed by atoms with Crippen LogP contribution in [0.4, 0.5) is 4.79 Å². The van der Waals surface area contributed by atoms with Crippen LogP contribution in [-0.4, -0.2) is 84.1 Å². The molecule has 1 aliphatic rings. The molecule has 0 fully saturated rings. The molecule has 1 N–H and O–H groups in total. The van der Waals surface area contributed by atoms with Gasteiger partial charge in [0.05, 0.1) is 37.0 Å². The lowest BCUT2D eigenvalue weighted by atomic mass is 10.0. The standard InChI is InChI=1S/C29H38N4O6/c1-18-9-10-23(31-15-18)25(17-32-11-12-33(20(3)16-32)28(36)39-29(4,5)6)38-24-13-19(2)21(27(35)37-8)14-22(24)26(34)30-7/h9-10,13-15,25H,11-12,16-17H2,1-8H3/p+1/t25-/m1/s1. The quantitative estimate of drug-likeness (QED) is 0.419. The van der Waals surface area contributed by atoms with E-state index < -0.39 is 17.7 Å². The number of aromatic nitrogens is 1. The minimum absolute atomic E-state index is 0.220. The summed E-state index contributed by atoms with van der Waals surface area (Å²) in [5.74, 6) is -0.587. The minimum atomic E-state index is -0.575. The molecule has 1 aromatic heterocycles. The molecule has 0 spiro atoms. The highest BCUT2D eigenvalue weighted by atomic mass is 16.6. The van der Waals surface area contributed by atoms with Crippen molar-refractivity contribution >= 4 is 23.7 Å². The maximum atomic E-state index is 12.8. The second-order valence-electron chi connectivity index (χ2n) is 10.7. The molecule has 1 aromatic carbocycles. The Kier molecular flexibility index (Phi) is 9.45. The van der Waals surface area contributed by atoms with Crippen molar-refractivity contribution in [3.63, 3.8) is 0 Å². The van der Waals surface area contributed by atoms with Crippen LogP contribution in [0, 0.1) is 13.8 Å². The Morgan fingerprint density at radius 1 is 1.13 bits per heavy atom. The Labute approximate surface area is 230 Å². The molecule has 0 unspecified atom stereocenters. The molecule has 2 aromatic rings. The number of aryl methyl sites for hydroxylation is 2. The van der Waals surface area contributed by atoms with E-state index in [-0.39, 0.29) is 23.1 Å². The molecule has 10 heteroatoms. The summed E-state index contributed by atoms with van der Waals surface area (Å²) in [6, 6.07) is 7.03. The number of rotatable bonds is 7. The topological polar surface area (TPSA) is 110 Å². The van der Waals surface area contributed by atoms with Gasteiger partial charge in [0.25, 0.3) is 5.91 Å². The van der Waals surface area contributed by atoms with Gasteiger partial charge in [-0.05, 0) is 63.9 Å². The zero-order valence-electron chi connectivity index (χ0n) is 24.1. The van der Waals surface area contributed by atoms with E-state index in [2.05, 4.69) is 15.2 Å². The molecule has 1 atom stereocenters. The number of pyridine rings is 1. The first-order valence-electron chi connectivity index (χ1n) is 12.9. The monoisotopic (exact) mass is 539 g/mol. The smallest absolute Gasteiger partial charge is 0.482 e. The average Bonchev–Trinajstić information content (AvgIpc) is 2.87. The van der Waals surface area contributed by atoms with Crippen molar-refractivity contribution in [3.05, 3.63) is 58.4 Å². The summed E-state index contributed by atoms with van der Waals surface area (Å²) in [4.78, 5) is 44.5. The van der Waals surface area contributed by atoms with Crippen LogP contribution >= 0.6 is 0 Å². The third-order valence-corrected chi connectivity index (χ3v) is 6.33. The first-order valence-corrected chi connectivity index (χ1v) is 12.9. The summed E-state index contributed by atoms with van der Waals surface area (Å²) < 4.78 is 18.6. The summed E-state index contributed by atoms with van der Waals surface area (Å²) in [5, 5.41) is 2.61. The molecule has 10 nitrogen and oxygen atoms in total. The van der Waals surface area contributed by atoms with E-state index in [1.165, 1.54) is 20.2 Å². The number of hydrogen-bond donors (Lipinski definition) is 1. The van der Waals surface area contributed by atoms with Crippen LogP contribution in [0.2, 0.25) is 0 Å². The molecule has 210 valence electrons. The molecule has 1 aliphatic heterocycles. The highest BCUT2D eigenvalue weighted by molar-refractivity contribution is 6.00. The van der Waals surface area contributed by atoms with Gasteiger partial charge in [0, 0.05) is 26.7 Å². The molecule has 0 saturated heterocycles. The van der Waals surface area contributed by atoms with Gasteiger partial charge in [0.2, 0.25) is 0 Å². The van der Waals surface area contributed by atoms with E-state index in [9.17, 15) is 14.4 Å². The van der Waals surface area contributed by atoms with Crippen molar-refractivity contribution < 1.29 is 33.2 Å². The number of nitrogens with zero attached hydrogens (tertiary/aromatic N) is 3. The van der Waals surface area contributed by atoms with Gasteiger partial charge in [-0.1, -0.05) is 6.07 Å². The Morgan fingerprint density at radius 3 is 2.41 bits per heavy atom. The molecule has 0 aliphatic carbocycles. The predicted molar refractivity (Wildman–Crippen MR) is 147 cm³/mol. The van der Waals surface area contributed by atoms with Crippen LogP contribution < -0.4 is 10.1 Å². The van der Waals surface area contributed by atoms with Crippen LogP contribution in [0.1, 0.15) is 71.3 Å². The van der Waals surface area contributed by atoms with Gasteiger partial charge in [-0.25, -0.2) is 4.79 Å². The number of ether oxygens (including phenoxy) is 3. The fraction of sp³-hybridized carbons (Fsp3) is 0.483. The van der Waals surface area contributed by atoms with Crippen molar-refractivity contribution in [2.24, 2.45) is 0 Å². The van der Waals surface area contributed by atoms with E-state index in [4.69, 9.17) is 14.2 Å². The third-order valence-electron chi connectivity index (χ3n) is 6.33. The van der Waals surface area contributed by atoms with Gasteiger partial charge in [0.1, 0.15) is 11.4 Å². The summed E-state index contributed by atoms with van der Waals surface area (Å²) in [5.41, 5.74) is 3.14. The van der Waals surface area contributed by atoms with Crippen molar-refractivity contribution in [2.75, 3.05) is 40.3 Å². The predicted octanol–water partition coefficient (Wildman–Crippen LogP) is 3.69.